The van der Waals surface area contributed by atoms with Crippen LogP contribution in [0.2, 0.25) is 10.0 Å². The van der Waals surface area contributed by atoms with Crippen LogP contribution in [0.15, 0.2) is 24.3 Å². The van der Waals surface area contributed by atoms with E-state index >= 15 is 0 Å². The number of rotatable bonds is 3. The summed E-state index contributed by atoms with van der Waals surface area (Å²) in [5, 5.41) is 4.14. The highest BCUT2D eigenvalue weighted by molar-refractivity contribution is 6.43. The van der Waals surface area contributed by atoms with Crippen LogP contribution in [0.1, 0.15) is 30.1 Å². The summed E-state index contributed by atoms with van der Waals surface area (Å²) in [6.07, 6.45) is 2.43. The van der Waals surface area contributed by atoms with Crippen molar-refractivity contribution in [3.8, 4) is 0 Å². The lowest BCUT2D eigenvalue weighted by atomic mass is 10.2. The van der Waals surface area contributed by atoms with Crippen LogP contribution < -0.4 is 5.32 Å². The second-order valence-electron chi connectivity index (χ2n) is 4.76. The van der Waals surface area contributed by atoms with Crippen molar-refractivity contribution in [1.29, 1.82) is 0 Å². The van der Waals surface area contributed by atoms with Crippen LogP contribution in [-0.4, -0.2) is 9.97 Å². The molecule has 1 aliphatic rings. The number of nitrogens with one attached hydrogen (secondary N) is 1. The van der Waals surface area contributed by atoms with E-state index in [9.17, 15) is 0 Å². The Morgan fingerprint density at radius 2 is 2.00 bits per heavy atom. The Kier molecular flexibility index (Phi) is 3.33. The third kappa shape index (κ3) is 2.82. The molecule has 3 rings (SSSR count). The summed E-state index contributed by atoms with van der Waals surface area (Å²) in [6, 6.07) is 7.50. The van der Waals surface area contributed by atoms with Gasteiger partial charge in [0, 0.05) is 17.3 Å². The Balaban J connectivity index is 1.92. The van der Waals surface area contributed by atoms with Gasteiger partial charge in [-0.2, -0.15) is 0 Å². The highest BCUT2D eigenvalue weighted by atomic mass is 35.5. The van der Waals surface area contributed by atoms with E-state index in [0.29, 0.717) is 21.9 Å². The molecule has 1 aromatic heterocycles. The predicted octanol–water partition coefficient (Wildman–Crippen LogP) is 4.71. The molecular weight excluding hydrogens is 281 g/mol. The molecular formula is C14H13Cl2N3. The monoisotopic (exact) mass is 293 g/mol. The van der Waals surface area contributed by atoms with Crippen LogP contribution in [0, 0.1) is 6.92 Å². The summed E-state index contributed by atoms with van der Waals surface area (Å²) in [4.78, 5) is 8.92. The molecule has 2 aromatic rings. The molecule has 0 amide bonds. The SMILES string of the molecule is Cc1cc(C2CC2)nc(Nc2cccc(Cl)c2Cl)n1. The van der Waals surface area contributed by atoms with E-state index in [0.717, 1.165) is 17.1 Å². The molecule has 0 unspecified atom stereocenters. The van der Waals surface area contributed by atoms with Gasteiger partial charge in [-0.25, -0.2) is 9.97 Å². The maximum Gasteiger partial charge on any atom is 0.227 e. The third-order valence-electron chi connectivity index (χ3n) is 3.07. The first-order valence-corrected chi connectivity index (χ1v) is 6.95. The summed E-state index contributed by atoms with van der Waals surface area (Å²) in [7, 11) is 0. The molecule has 1 aromatic carbocycles. The molecule has 0 bridgehead atoms. The van der Waals surface area contributed by atoms with Gasteiger partial charge in [-0.1, -0.05) is 29.3 Å². The largest absolute Gasteiger partial charge is 0.323 e. The maximum atomic E-state index is 6.15. The number of hydrogen-bond donors (Lipinski definition) is 1. The van der Waals surface area contributed by atoms with Gasteiger partial charge in [0.25, 0.3) is 0 Å². The summed E-state index contributed by atoms with van der Waals surface area (Å²) in [6.45, 7) is 1.97. The van der Waals surface area contributed by atoms with Crippen molar-refractivity contribution in [2.45, 2.75) is 25.7 Å². The predicted molar refractivity (Wildman–Crippen MR) is 78.5 cm³/mol. The van der Waals surface area contributed by atoms with E-state index in [2.05, 4.69) is 15.3 Å². The molecule has 0 saturated heterocycles. The molecule has 1 saturated carbocycles. The first-order chi connectivity index (χ1) is 9.13. The number of aryl methyl sites for hydroxylation is 1. The van der Waals surface area contributed by atoms with Crippen LogP contribution >= 0.6 is 23.2 Å². The van der Waals surface area contributed by atoms with E-state index in [1.54, 1.807) is 6.07 Å². The van der Waals surface area contributed by atoms with Crippen LogP contribution in [-0.2, 0) is 0 Å². The Morgan fingerprint density at radius 1 is 1.21 bits per heavy atom. The van der Waals surface area contributed by atoms with Gasteiger partial charge in [0.05, 0.1) is 15.7 Å². The van der Waals surface area contributed by atoms with E-state index in [4.69, 9.17) is 23.2 Å². The molecule has 3 nitrogen and oxygen atoms in total. The van der Waals surface area contributed by atoms with Crippen molar-refractivity contribution < 1.29 is 0 Å². The zero-order valence-electron chi connectivity index (χ0n) is 10.5. The lowest BCUT2D eigenvalue weighted by Crippen LogP contribution is -2.01. The Hall–Kier alpha value is -1.32. The molecule has 1 heterocycles. The first kappa shape index (κ1) is 12.7. The average Bonchev–Trinajstić information content (AvgIpc) is 3.18. The molecule has 1 N–H and O–H groups in total. The fourth-order valence-corrected chi connectivity index (χ4v) is 2.31. The molecule has 1 aliphatic carbocycles. The lowest BCUT2D eigenvalue weighted by molar-refractivity contribution is 0.972. The fraction of sp³-hybridized carbons (Fsp3) is 0.286. The Morgan fingerprint density at radius 3 is 2.74 bits per heavy atom. The topological polar surface area (TPSA) is 37.8 Å². The molecule has 1 fully saturated rings. The molecule has 5 heteroatoms. The minimum atomic E-state index is 0.488. The number of aromatic nitrogens is 2. The van der Waals surface area contributed by atoms with Gasteiger partial charge in [0.15, 0.2) is 0 Å². The summed E-state index contributed by atoms with van der Waals surface area (Å²) in [5.41, 5.74) is 2.78. The van der Waals surface area contributed by atoms with Crippen molar-refractivity contribution in [2.75, 3.05) is 5.32 Å². The van der Waals surface area contributed by atoms with Gasteiger partial charge in [-0.15, -0.1) is 0 Å². The minimum absolute atomic E-state index is 0.488. The van der Waals surface area contributed by atoms with Crippen LogP contribution in [0.3, 0.4) is 0 Å². The average molecular weight is 294 g/mol. The zero-order chi connectivity index (χ0) is 13.4. The van der Waals surface area contributed by atoms with Crippen molar-refractivity contribution in [1.82, 2.24) is 9.97 Å². The molecule has 0 spiro atoms. The van der Waals surface area contributed by atoms with E-state index in [1.165, 1.54) is 12.8 Å². The summed E-state index contributed by atoms with van der Waals surface area (Å²) < 4.78 is 0. The number of benzene rings is 1. The van der Waals surface area contributed by atoms with Gasteiger partial charge in [0.1, 0.15) is 0 Å². The quantitative estimate of drug-likeness (QED) is 0.890. The molecule has 0 aliphatic heterocycles. The van der Waals surface area contributed by atoms with Gasteiger partial charge >= 0.3 is 0 Å². The maximum absolute atomic E-state index is 6.15. The summed E-state index contributed by atoms with van der Waals surface area (Å²) in [5.74, 6) is 1.17. The Labute approximate surface area is 122 Å². The molecule has 0 atom stereocenters. The first-order valence-electron chi connectivity index (χ1n) is 6.20. The summed E-state index contributed by atoms with van der Waals surface area (Å²) >= 11 is 12.1. The van der Waals surface area contributed by atoms with Crippen molar-refractivity contribution in [3.63, 3.8) is 0 Å². The van der Waals surface area contributed by atoms with Gasteiger partial charge in [0.2, 0.25) is 5.95 Å². The van der Waals surface area contributed by atoms with Crippen molar-refractivity contribution >= 4 is 34.8 Å². The van der Waals surface area contributed by atoms with Crippen LogP contribution in [0.4, 0.5) is 11.6 Å². The standard InChI is InChI=1S/C14H13Cl2N3/c1-8-7-12(9-5-6-9)19-14(17-8)18-11-4-2-3-10(15)13(11)16/h2-4,7,9H,5-6H2,1H3,(H,17,18,19). The lowest BCUT2D eigenvalue weighted by Gasteiger charge is -2.09. The minimum Gasteiger partial charge on any atom is -0.323 e. The zero-order valence-corrected chi connectivity index (χ0v) is 12.0. The van der Waals surface area contributed by atoms with E-state index < -0.39 is 0 Å². The van der Waals surface area contributed by atoms with Crippen molar-refractivity contribution in [3.05, 3.63) is 45.7 Å². The highest BCUT2D eigenvalue weighted by Gasteiger charge is 2.25. The van der Waals surface area contributed by atoms with Gasteiger partial charge in [-0.3, -0.25) is 0 Å². The Bertz CT molecular complexity index is 624. The molecule has 98 valence electrons. The normalized spacial score (nSPS) is 14.5. The van der Waals surface area contributed by atoms with Crippen LogP contribution in [0.25, 0.3) is 0 Å². The number of halogens is 2. The van der Waals surface area contributed by atoms with E-state index in [1.807, 2.05) is 25.1 Å². The fourth-order valence-electron chi connectivity index (χ4n) is 1.96. The van der Waals surface area contributed by atoms with Crippen LogP contribution in [0.5, 0.6) is 0 Å². The van der Waals surface area contributed by atoms with Crippen molar-refractivity contribution in [2.24, 2.45) is 0 Å². The highest BCUT2D eigenvalue weighted by Crippen LogP contribution is 2.39. The van der Waals surface area contributed by atoms with Gasteiger partial charge in [-0.05, 0) is 38.0 Å². The number of nitrogens with zero attached hydrogens (tertiary/aromatic N) is 2. The second-order valence-corrected chi connectivity index (χ2v) is 5.54. The number of anilines is 2. The molecule has 0 radical (unpaired) electrons. The second kappa shape index (κ2) is 4.99. The third-order valence-corrected chi connectivity index (χ3v) is 3.89. The smallest absolute Gasteiger partial charge is 0.227 e. The molecule has 19 heavy (non-hydrogen) atoms. The van der Waals surface area contributed by atoms with Gasteiger partial charge < -0.3 is 5.32 Å². The number of hydrogen-bond acceptors (Lipinski definition) is 3. The van der Waals surface area contributed by atoms with E-state index in [-0.39, 0.29) is 0 Å².